The van der Waals surface area contributed by atoms with Crippen LogP contribution >= 0.6 is 0 Å². The molecular formula is C14H20N2O3. The zero-order chi connectivity index (χ0) is 14.3. The van der Waals surface area contributed by atoms with E-state index in [-0.39, 0.29) is 18.4 Å². The topological polar surface area (TPSA) is 79.3 Å². The summed E-state index contributed by atoms with van der Waals surface area (Å²) in [5, 5.41) is 11.1. The third kappa shape index (κ3) is 4.13. The van der Waals surface area contributed by atoms with Gasteiger partial charge in [0, 0.05) is 24.4 Å². The van der Waals surface area contributed by atoms with E-state index in [0.717, 1.165) is 23.4 Å². The van der Waals surface area contributed by atoms with Crippen molar-refractivity contribution in [3.63, 3.8) is 0 Å². The molecule has 1 aromatic rings. The normalized spacial score (nSPS) is 11.9. The molecule has 1 heterocycles. The van der Waals surface area contributed by atoms with Crippen molar-refractivity contribution >= 4 is 12.3 Å². The second kappa shape index (κ2) is 7.63. The lowest BCUT2D eigenvalue weighted by atomic mass is 9.92. The van der Waals surface area contributed by atoms with E-state index in [9.17, 15) is 9.59 Å². The number of aromatic nitrogens is 1. The molecule has 0 saturated carbocycles. The summed E-state index contributed by atoms with van der Waals surface area (Å²) < 4.78 is 0. The van der Waals surface area contributed by atoms with Gasteiger partial charge in [-0.3, -0.25) is 19.9 Å². The third-order valence-corrected chi connectivity index (χ3v) is 3.02. The monoisotopic (exact) mass is 264 g/mol. The molecule has 0 spiro atoms. The molecule has 1 atom stereocenters. The van der Waals surface area contributed by atoms with E-state index >= 15 is 0 Å². The first-order chi connectivity index (χ1) is 9.13. The van der Waals surface area contributed by atoms with Crippen LogP contribution in [0.15, 0.2) is 12.1 Å². The number of imide groups is 1. The molecule has 2 amide bonds. The number of hydrogen-bond acceptors (Lipinski definition) is 4. The smallest absolute Gasteiger partial charge is 0.233 e. The minimum absolute atomic E-state index is 0.0514. The molecule has 0 bridgehead atoms. The van der Waals surface area contributed by atoms with E-state index < -0.39 is 0 Å². The van der Waals surface area contributed by atoms with Crippen molar-refractivity contribution in [1.82, 2.24) is 10.3 Å². The SMILES string of the molecule is CCCC(C(=O)NC=O)c1ccc(CCO)nc1C. The third-order valence-electron chi connectivity index (χ3n) is 3.02. The summed E-state index contributed by atoms with van der Waals surface area (Å²) in [6.45, 7) is 3.88. The van der Waals surface area contributed by atoms with Gasteiger partial charge in [0.15, 0.2) is 0 Å². The fraction of sp³-hybridized carbons (Fsp3) is 0.500. The first-order valence-electron chi connectivity index (χ1n) is 6.45. The van der Waals surface area contributed by atoms with Gasteiger partial charge in [-0.1, -0.05) is 19.4 Å². The number of aliphatic hydroxyl groups is 1. The average Bonchev–Trinajstić information content (AvgIpc) is 2.37. The Balaban J connectivity index is 3.01. The predicted molar refractivity (Wildman–Crippen MR) is 71.6 cm³/mol. The molecule has 1 aromatic heterocycles. The van der Waals surface area contributed by atoms with E-state index in [1.165, 1.54) is 0 Å². The van der Waals surface area contributed by atoms with E-state index in [0.29, 0.717) is 19.3 Å². The maximum Gasteiger partial charge on any atom is 0.233 e. The van der Waals surface area contributed by atoms with Gasteiger partial charge in [-0.2, -0.15) is 0 Å². The van der Waals surface area contributed by atoms with Crippen molar-refractivity contribution < 1.29 is 14.7 Å². The number of carbonyl (C=O) groups is 2. The molecule has 0 saturated heterocycles. The number of nitrogens with zero attached hydrogens (tertiary/aromatic N) is 1. The van der Waals surface area contributed by atoms with E-state index in [1.807, 2.05) is 26.0 Å². The molecule has 0 aliphatic heterocycles. The van der Waals surface area contributed by atoms with Crippen molar-refractivity contribution in [3.8, 4) is 0 Å². The van der Waals surface area contributed by atoms with Crippen LogP contribution in [0.1, 0.15) is 42.6 Å². The molecule has 0 fully saturated rings. The largest absolute Gasteiger partial charge is 0.396 e. The van der Waals surface area contributed by atoms with Crippen LogP contribution in [-0.2, 0) is 16.0 Å². The maximum atomic E-state index is 11.9. The number of aliphatic hydroxyl groups excluding tert-OH is 1. The summed E-state index contributed by atoms with van der Waals surface area (Å²) in [7, 11) is 0. The first kappa shape index (κ1) is 15.3. The maximum absolute atomic E-state index is 11.9. The minimum Gasteiger partial charge on any atom is -0.396 e. The second-order valence-corrected chi connectivity index (χ2v) is 4.42. The second-order valence-electron chi connectivity index (χ2n) is 4.42. The highest BCUT2D eigenvalue weighted by atomic mass is 16.3. The van der Waals surface area contributed by atoms with Crippen molar-refractivity contribution in [1.29, 1.82) is 0 Å². The lowest BCUT2D eigenvalue weighted by Gasteiger charge is -2.17. The quantitative estimate of drug-likeness (QED) is 0.722. The van der Waals surface area contributed by atoms with Crippen LogP contribution in [0.4, 0.5) is 0 Å². The van der Waals surface area contributed by atoms with E-state index in [1.54, 1.807) is 0 Å². The molecule has 19 heavy (non-hydrogen) atoms. The fourth-order valence-electron chi connectivity index (χ4n) is 2.12. The summed E-state index contributed by atoms with van der Waals surface area (Å²) in [4.78, 5) is 26.7. The van der Waals surface area contributed by atoms with Gasteiger partial charge in [-0.15, -0.1) is 0 Å². The van der Waals surface area contributed by atoms with Gasteiger partial charge in [0.05, 0.1) is 5.92 Å². The van der Waals surface area contributed by atoms with Gasteiger partial charge in [0.2, 0.25) is 12.3 Å². The molecule has 5 heteroatoms. The molecule has 5 nitrogen and oxygen atoms in total. The van der Waals surface area contributed by atoms with E-state index in [4.69, 9.17) is 5.11 Å². The predicted octanol–water partition coefficient (Wildman–Crippen LogP) is 1.08. The summed E-state index contributed by atoms with van der Waals surface area (Å²) in [6, 6.07) is 3.67. The zero-order valence-electron chi connectivity index (χ0n) is 11.3. The van der Waals surface area contributed by atoms with Crippen LogP contribution in [0, 0.1) is 6.92 Å². The van der Waals surface area contributed by atoms with Crippen LogP contribution in [0.2, 0.25) is 0 Å². The van der Waals surface area contributed by atoms with Gasteiger partial charge in [0.25, 0.3) is 0 Å². The first-order valence-corrected chi connectivity index (χ1v) is 6.45. The average molecular weight is 264 g/mol. The molecule has 0 aromatic carbocycles. The van der Waals surface area contributed by atoms with Crippen LogP contribution < -0.4 is 5.32 Å². The number of nitrogens with one attached hydrogen (secondary N) is 1. The standard InChI is InChI=1S/C14H20N2O3/c1-3-4-13(14(19)15-9-18)12-6-5-11(7-8-17)16-10(12)2/h5-6,9,13,17H,3-4,7-8H2,1-2H3,(H,15,18,19). The Bertz CT molecular complexity index is 446. The Morgan fingerprint density at radius 1 is 1.53 bits per heavy atom. The van der Waals surface area contributed by atoms with Crippen molar-refractivity contribution in [2.45, 2.75) is 39.0 Å². The molecule has 1 unspecified atom stereocenters. The molecule has 0 aliphatic carbocycles. The minimum atomic E-state index is -0.356. The molecule has 104 valence electrons. The number of aryl methyl sites for hydroxylation is 1. The Morgan fingerprint density at radius 2 is 2.26 bits per heavy atom. The zero-order valence-corrected chi connectivity index (χ0v) is 11.3. The number of pyridine rings is 1. The van der Waals surface area contributed by atoms with Gasteiger partial charge in [0.1, 0.15) is 0 Å². The van der Waals surface area contributed by atoms with Crippen LogP contribution in [0.25, 0.3) is 0 Å². The van der Waals surface area contributed by atoms with E-state index in [2.05, 4.69) is 10.3 Å². The van der Waals surface area contributed by atoms with Gasteiger partial charge < -0.3 is 5.11 Å². The highest BCUT2D eigenvalue weighted by molar-refractivity contribution is 5.91. The summed E-state index contributed by atoms with van der Waals surface area (Å²) >= 11 is 0. The number of hydrogen-bond donors (Lipinski definition) is 2. The Labute approximate surface area is 113 Å². The fourth-order valence-corrected chi connectivity index (χ4v) is 2.12. The van der Waals surface area contributed by atoms with Crippen LogP contribution in [0.5, 0.6) is 0 Å². The summed E-state index contributed by atoms with van der Waals surface area (Å²) in [6.07, 6.45) is 2.42. The van der Waals surface area contributed by atoms with Crippen molar-refractivity contribution in [2.24, 2.45) is 0 Å². The van der Waals surface area contributed by atoms with Gasteiger partial charge in [-0.05, 0) is 25.0 Å². The Hall–Kier alpha value is -1.75. The number of carbonyl (C=O) groups excluding carboxylic acids is 2. The van der Waals surface area contributed by atoms with Gasteiger partial charge >= 0.3 is 0 Å². The van der Waals surface area contributed by atoms with Crippen LogP contribution in [0.3, 0.4) is 0 Å². The Morgan fingerprint density at radius 3 is 2.79 bits per heavy atom. The lowest BCUT2D eigenvalue weighted by molar-refractivity contribution is -0.126. The Kier molecular flexibility index (Phi) is 6.15. The van der Waals surface area contributed by atoms with Gasteiger partial charge in [-0.25, -0.2) is 0 Å². The highest BCUT2D eigenvalue weighted by Gasteiger charge is 2.21. The lowest BCUT2D eigenvalue weighted by Crippen LogP contribution is -2.28. The molecular weight excluding hydrogens is 244 g/mol. The van der Waals surface area contributed by atoms with Crippen LogP contribution in [-0.4, -0.2) is 29.0 Å². The summed E-state index contributed by atoms with van der Waals surface area (Å²) in [5.41, 5.74) is 2.41. The van der Waals surface area contributed by atoms with Crippen molar-refractivity contribution in [2.75, 3.05) is 6.61 Å². The summed E-state index contributed by atoms with van der Waals surface area (Å²) in [5.74, 6) is -0.650. The molecule has 0 aliphatic rings. The van der Waals surface area contributed by atoms with Crippen molar-refractivity contribution in [3.05, 3.63) is 29.1 Å². The highest BCUT2D eigenvalue weighted by Crippen LogP contribution is 2.24. The molecule has 1 rings (SSSR count). The number of amides is 2. The molecule has 0 radical (unpaired) electrons. The number of rotatable bonds is 7. The molecule has 2 N–H and O–H groups in total.